The zero-order valence-corrected chi connectivity index (χ0v) is 13.5. The Morgan fingerprint density at radius 3 is 2.78 bits per heavy atom. The van der Waals surface area contributed by atoms with Crippen LogP contribution in [0.5, 0.6) is 0 Å². The zero-order chi connectivity index (χ0) is 16.4. The zero-order valence-electron chi connectivity index (χ0n) is 13.5. The highest BCUT2D eigenvalue weighted by atomic mass is 19.1. The molecule has 2 saturated heterocycles. The maximum atomic E-state index is 13.3. The van der Waals surface area contributed by atoms with Crippen molar-refractivity contribution in [2.45, 2.75) is 51.2 Å². The molecule has 2 fully saturated rings. The van der Waals surface area contributed by atoms with Gasteiger partial charge in [0.05, 0.1) is 11.6 Å². The molecule has 122 valence electrons. The van der Waals surface area contributed by atoms with Crippen molar-refractivity contribution in [3.63, 3.8) is 0 Å². The Morgan fingerprint density at radius 2 is 2.04 bits per heavy atom. The molecule has 3 rings (SSSR count). The van der Waals surface area contributed by atoms with Crippen LogP contribution in [0, 0.1) is 17.1 Å². The highest BCUT2D eigenvalue weighted by Gasteiger charge is 2.38. The molecule has 0 N–H and O–H groups in total. The van der Waals surface area contributed by atoms with E-state index in [1.165, 1.54) is 12.1 Å². The molecule has 1 amide bonds. The van der Waals surface area contributed by atoms with Gasteiger partial charge in [-0.25, -0.2) is 4.39 Å². The minimum absolute atomic E-state index is 0.152. The number of hydrogen-bond acceptors (Lipinski definition) is 3. The third kappa shape index (κ3) is 3.23. The predicted molar refractivity (Wildman–Crippen MR) is 85.0 cm³/mol. The number of rotatable bonds is 3. The molecule has 23 heavy (non-hydrogen) atoms. The van der Waals surface area contributed by atoms with E-state index in [-0.39, 0.29) is 17.8 Å². The van der Waals surface area contributed by atoms with E-state index in [0.29, 0.717) is 18.2 Å². The molecule has 5 heteroatoms. The first-order valence-electron chi connectivity index (χ1n) is 8.30. The summed E-state index contributed by atoms with van der Waals surface area (Å²) in [5.74, 6) is -0.222. The van der Waals surface area contributed by atoms with Crippen molar-refractivity contribution >= 4 is 5.91 Å². The average molecular weight is 315 g/mol. The summed E-state index contributed by atoms with van der Waals surface area (Å²) in [5.41, 5.74) is 1.28. The van der Waals surface area contributed by atoms with E-state index in [4.69, 9.17) is 0 Å². The molecule has 2 aliphatic rings. The monoisotopic (exact) mass is 315 g/mol. The lowest BCUT2D eigenvalue weighted by Gasteiger charge is -2.34. The highest BCUT2D eigenvalue weighted by Crippen LogP contribution is 2.31. The summed E-state index contributed by atoms with van der Waals surface area (Å²) in [5, 5.41) is 9.22. The Balaban J connectivity index is 1.78. The maximum Gasteiger partial charge on any atom is 0.219 e. The summed E-state index contributed by atoms with van der Waals surface area (Å²) in [6.07, 6.45) is 4.30. The fraction of sp³-hybridized carbons (Fsp3) is 0.556. The van der Waals surface area contributed by atoms with Gasteiger partial charge in [0.15, 0.2) is 0 Å². The predicted octanol–water partition coefficient (Wildman–Crippen LogP) is 2.67. The van der Waals surface area contributed by atoms with Crippen LogP contribution in [-0.4, -0.2) is 40.9 Å². The standard InChI is InChI=1S/C18H22FN3O/c1-13(23)22-9-3-5-18(22)17-4-2-8-21(17)12-14-6-7-16(19)10-15(14)11-20/h6-7,10,17-18H,2-5,8-9,12H2,1H3/t17-,18+/m0/s1. The molecular formula is C18H22FN3O. The van der Waals surface area contributed by atoms with Gasteiger partial charge in [-0.05, 0) is 49.9 Å². The number of nitriles is 1. The van der Waals surface area contributed by atoms with Gasteiger partial charge >= 0.3 is 0 Å². The third-order valence-corrected chi connectivity index (χ3v) is 5.13. The lowest BCUT2D eigenvalue weighted by molar-refractivity contribution is -0.130. The quantitative estimate of drug-likeness (QED) is 0.861. The fourth-order valence-electron chi connectivity index (χ4n) is 4.08. The summed E-state index contributed by atoms with van der Waals surface area (Å²) in [6.45, 7) is 4.11. The largest absolute Gasteiger partial charge is 0.338 e. The van der Waals surface area contributed by atoms with Crippen molar-refractivity contribution in [2.75, 3.05) is 13.1 Å². The van der Waals surface area contributed by atoms with Gasteiger partial charge in [0.1, 0.15) is 5.82 Å². The van der Waals surface area contributed by atoms with E-state index in [1.807, 2.05) is 4.90 Å². The van der Waals surface area contributed by atoms with Crippen LogP contribution in [0.15, 0.2) is 18.2 Å². The first-order chi connectivity index (χ1) is 11.1. The van der Waals surface area contributed by atoms with E-state index < -0.39 is 0 Å². The maximum absolute atomic E-state index is 13.3. The second-order valence-corrected chi connectivity index (χ2v) is 6.52. The van der Waals surface area contributed by atoms with Crippen LogP contribution < -0.4 is 0 Å². The molecule has 2 aliphatic heterocycles. The second kappa shape index (κ2) is 6.67. The van der Waals surface area contributed by atoms with Crippen LogP contribution in [0.4, 0.5) is 4.39 Å². The molecule has 0 saturated carbocycles. The SMILES string of the molecule is CC(=O)N1CCC[C@@H]1[C@@H]1CCCN1Cc1ccc(F)cc1C#N. The molecule has 0 bridgehead atoms. The lowest BCUT2D eigenvalue weighted by atomic mass is 10.0. The third-order valence-electron chi connectivity index (χ3n) is 5.13. The number of hydrogen-bond donors (Lipinski definition) is 0. The fourth-order valence-corrected chi connectivity index (χ4v) is 4.08. The normalized spacial score (nSPS) is 24.8. The number of nitrogens with zero attached hydrogens (tertiary/aromatic N) is 3. The smallest absolute Gasteiger partial charge is 0.219 e. The van der Waals surface area contributed by atoms with Gasteiger partial charge in [0.2, 0.25) is 5.91 Å². The minimum atomic E-state index is -0.373. The first kappa shape index (κ1) is 15.9. The number of amides is 1. The first-order valence-corrected chi connectivity index (χ1v) is 8.30. The summed E-state index contributed by atoms with van der Waals surface area (Å²) >= 11 is 0. The minimum Gasteiger partial charge on any atom is -0.338 e. The van der Waals surface area contributed by atoms with Crippen LogP contribution >= 0.6 is 0 Å². The van der Waals surface area contributed by atoms with Crippen LogP contribution in [0.25, 0.3) is 0 Å². The number of halogens is 1. The van der Waals surface area contributed by atoms with E-state index in [2.05, 4.69) is 11.0 Å². The number of carbonyl (C=O) groups is 1. The van der Waals surface area contributed by atoms with Crippen molar-refractivity contribution in [3.05, 3.63) is 35.1 Å². The van der Waals surface area contributed by atoms with Crippen LogP contribution in [0.1, 0.15) is 43.7 Å². The van der Waals surface area contributed by atoms with E-state index in [1.54, 1.807) is 13.0 Å². The van der Waals surface area contributed by atoms with Gasteiger partial charge in [-0.15, -0.1) is 0 Å². The molecule has 0 radical (unpaired) electrons. The highest BCUT2D eigenvalue weighted by molar-refractivity contribution is 5.74. The number of carbonyl (C=O) groups excluding carboxylic acids is 1. The van der Waals surface area contributed by atoms with E-state index >= 15 is 0 Å². The molecule has 2 heterocycles. The summed E-state index contributed by atoms with van der Waals surface area (Å²) in [7, 11) is 0. The average Bonchev–Trinajstić information content (AvgIpc) is 3.17. The second-order valence-electron chi connectivity index (χ2n) is 6.52. The van der Waals surface area contributed by atoms with Crippen LogP contribution in [0.2, 0.25) is 0 Å². The Labute approximate surface area is 136 Å². The van der Waals surface area contributed by atoms with Crippen molar-refractivity contribution in [3.8, 4) is 6.07 Å². The molecule has 0 aliphatic carbocycles. The van der Waals surface area contributed by atoms with Crippen molar-refractivity contribution in [1.82, 2.24) is 9.80 Å². The van der Waals surface area contributed by atoms with Crippen molar-refractivity contribution in [1.29, 1.82) is 5.26 Å². The Kier molecular flexibility index (Phi) is 4.63. The molecule has 4 nitrogen and oxygen atoms in total. The molecule has 1 aromatic rings. The topological polar surface area (TPSA) is 47.3 Å². The van der Waals surface area contributed by atoms with Crippen molar-refractivity contribution < 1.29 is 9.18 Å². The summed E-state index contributed by atoms with van der Waals surface area (Å²) < 4.78 is 13.3. The summed E-state index contributed by atoms with van der Waals surface area (Å²) in [4.78, 5) is 16.2. The van der Waals surface area contributed by atoms with Gasteiger partial charge in [0.25, 0.3) is 0 Å². The molecule has 1 aromatic carbocycles. The van der Waals surface area contributed by atoms with Gasteiger partial charge in [-0.3, -0.25) is 9.69 Å². The van der Waals surface area contributed by atoms with Gasteiger partial charge < -0.3 is 4.90 Å². The molecule has 0 unspecified atom stereocenters. The van der Waals surface area contributed by atoms with Crippen LogP contribution in [-0.2, 0) is 11.3 Å². The molecule has 0 spiro atoms. The lowest BCUT2D eigenvalue weighted by Crippen LogP contribution is -2.47. The van der Waals surface area contributed by atoms with Crippen molar-refractivity contribution in [2.24, 2.45) is 0 Å². The number of benzene rings is 1. The molecule has 2 atom stereocenters. The molecule has 0 aromatic heterocycles. The number of likely N-dealkylation sites (tertiary alicyclic amines) is 2. The Bertz CT molecular complexity index is 640. The van der Waals surface area contributed by atoms with Gasteiger partial charge in [0, 0.05) is 32.1 Å². The summed E-state index contributed by atoms with van der Waals surface area (Å²) in [6, 6.07) is 7.14. The van der Waals surface area contributed by atoms with Gasteiger partial charge in [-0.2, -0.15) is 5.26 Å². The Morgan fingerprint density at radius 1 is 1.30 bits per heavy atom. The van der Waals surface area contributed by atoms with Gasteiger partial charge in [-0.1, -0.05) is 6.07 Å². The Hall–Kier alpha value is -1.93. The molecular weight excluding hydrogens is 293 g/mol. The van der Waals surface area contributed by atoms with E-state index in [0.717, 1.165) is 44.3 Å². The van der Waals surface area contributed by atoms with Crippen LogP contribution in [0.3, 0.4) is 0 Å². The van der Waals surface area contributed by atoms with E-state index in [9.17, 15) is 14.4 Å².